The van der Waals surface area contributed by atoms with Gasteiger partial charge in [0.2, 0.25) is 11.8 Å². The number of rotatable bonds is 10. The molecule has 0 atom stereocenters. The summed E-state index contributed by atoms with van der Waals surface area (Å²) in [5.41, 5.74) is 0.486. The van der Waals surface area contributed by atoms with Gasteiger partial charge in [-0.3, -0.25) is 14.5 Å². The molecule has 1 aromatic carbocycles. The number of likely N-dealkylation sites (N-methyl/N-ethyl adjacent to an activating group) is 1. The molecule has 2 amide bonds. The number of amides is 2. The van der Waals surface area contributed by atoms with Gasteiger partial charge < -0.3 is 15.0 Å². The molecule has 25 heavy (non-hydrogen) atoms. The fraction of sp³-hybridized carbons (Fsp3) is 0.333. The van der Waals surface area contributed by atoms with E-state index in [1.54, 1.807) is 47.2 Å². The van der Waals surface area contributed by atoms with Gasteiger partial charge in [-0.05, 0) is 25.2 Å². The molecule has 0 aromatic heterocycles. The molecule has 0 aliphatic carbocycles. The summed E-state index contributed by atoms with van der Waals surface area (Å²) in [6.07, 6.45) is 3.30. The second kappa shape index (κ2) is 10.5. The standard InChI is InChI=1S/C18H24ClN3O3/c1-5-9-22(10-6-2)18(24)13-21(3)12-17(23)20-15-11-14(19)7-8-16(15)25-4/h5-8,11H,1-2,9-10,12-13H2,3-4H3,(H,20,23). The van der Waals surface area contributed by atoms with Crippen molar-refractivity contribution >= 4 is 29.1 Å². The van der Waals surface area contributed by atoms with Gasteiger partial charge in [-0.15, -0.1) is 13.2 Å². The lowest BCUT2D eigenvalue weighted by Gasteiger charge is -2.23. The Labute approximate surface area is 153 Å². The van der Waals surface area contributed by atoms with Crippen LogP contribution in [0.1, 0.15) is 0 Å². The van der Waals surface area contributed by atoms with E-state index in [1.165, 1.54) is 7.11 Å². The van der Waals surface area contributed by atoms with Gasteiger partial charge >= 0.3 is 0 Å². The molecule has 0 fully saturated rings. The summed E-state index contributed by atoms with van der Waals surface area (Å²) >= 11 is 5.94. The Morgan fingerprint density at radius 2 is 1.88 bits per heavy atom. The first-order valence-electron chi connectivity index (χ1n) is 7.72. The molecule has 0 radical (unpaired) electrons. The maximum Gasteiger partial charge on any atom is 0.238 e. The zero-order chi connectivity index (χ0) is 18.8. The number of benzene rings is 1. The van der Waals surface area contributed by atoms with Crippen LogP contribution in [0.5, 0.6) is 5.75 Å². The second-order valence-electron chi connectivity index (χ2n) is 5.44. The number of nitrogens with zero attached hydrogens (tertiary/aromatic N) is 2. The van der Waals surface area contributed by atoms with Crippen molar-refractivity contribution in [3.8, 4) is 5.75 Å². The van der Waals surface area contributed by atoms with Gasteiger partial charge in [0.1, 0.15) is 5.75 Å². The van der Waals surface area contributed by atoms with Crippen LogP contribution in [0.4, 0.5) is 5.69 Å². The molecule has 0 unspecified atom stereocenters. The van der Waals surface area contributed by atoms with Crippen LogP contribution in [0, 0.1) is 0 Å². The zero-order valence-electron chi connectivity index (χ0n) is 14.6. The van der Waals surface area contributed by atoms with Gasteiger partial charge in [0, 0.05) is 18.1 Å². The zero-order valence-corrected chi connectivity index (χ0v) is 15.4. The topological polar surface area (TPSA) is 61.9 Å². The first kappa shape index (κ1) is 20.7. The number of hydrogen-bond acceptors (Lipinski definition) is 4. The van der Waals surface area contributed by atoms with Gasteiger partial charge in [0.05, 0.1) is 25.9 Å². The third-order valence-electron chi connectivity index (χ3n) is 3.31. The fourth-order valence-electron chi connectivity index (χ4n) is 2.19. The lowest BCUT2D eigenvalue weighted by atomic mass is 10.3. The van der Waals surface area contributed by atoms with Crippen molar-refractivity contribution < 1.29 is 14.3 Å². The smallest absolute Gasteiger partial charge is 0.238 e. The maximum absolute atomic E-state index is 12.2. The maximum atomic E-state index is 12.2. The lowest BCUT2D eigenvalue weighted by molar-refractivity contribution is -0.131. The number of carbonyl (C=O) groups is 2. The van der Waals surface area contributed by atoms with Crippen LogP contribution < -0.4 is 10.1 Å². The first-order valence-corrected chi connectivity index (χ1v) is 8.10. The number of nitrogens with one attached hydrogen (secondary N) is 1. The van der Waals surface area contributed by atoms with Gasteiger partial charge in [0.15, 0.2) is 0 Å². The third kappa shape index (κ3) is 6.99. The molecular formula is C18H24ClN3O3. The summed E-state index contributed by atoms with van der Waals surface area (Å²) in [6.45, 7) is 8.30. The summed E-state index contributed by atoms with van der Waals surface area (Å²) in [5.74, 6) is 0.143. The van der Waals surface area contributed by atoms with E-state index in [4.69, 9.17) is 16.3 Å². The number of hydrogen-bond donors (Lipinski definition) is 1. The van der Waals surface area contributed by atoms with Crippen molar-refractivity contribution in [2.75, 3.05) is 45.7 Å². The summed E-state index contributed by atoms with van der Waals surface area (Å²) in [7, 11) is 3.21. The van der Waals surface area contributed by atoms with Gasteiger partial charge in [-0.1, -0.05) is 23.8 Å². The average Bonchev–Trinajstić information content (AvgIpc) is 2.54. The van der Waals surface area contributed by atoms with Gasteiger partial charge in [-0.25, -0.2) is 0 Å². The van der Waals surface area contributed by atoms with E-state index >= 15 is 0 Å². The number of carbonyl (C=O) groups excluding carboxylic acids is 2. The Morgan fingerprint density at radius 3 is 2.44 bits per heavy atom. The van der Waals surface area contributed by atoms with E-state index in [-0.39, 0.29) is 24.9 Å². The molecule has 7 heteroatoms. The van der Waals surface area contributed by atoms with E-state index in [0.717, 1.165) is 0 Å². The van der Waals surface area contributed by atoms with Crippen LogP contribution in [0.2, 0.25) is 5.02 Å². The summed E-state index contributed by atoms with van der Waals surface area (Å²) < 4.78 is 5.19. The highest BCUT2D eigenvalue weighted by Crippen LogP contribution is 2.27. The van der Waals surface area contributed by atoms with E-state index in [1.807, 2.05) is 0 Å². The Morgan fingerprint density at radius 1 is 1.24 bits per heavy atom. The monoisotopic (exact) mass is 365 g/mol. The minimum atomic E-state index is -0.269. The van der Waals surface area contributed by atoms with Crippen LogP contribution in [0.3, 0.4) is 0 Å². The van der Waals surface area contributed by atoms with Crippen molar-refractivity contribution in [3.05, 3.63) is 48.5 Å². The van der Waals surface area contributed by atoms with Crippen LogP contribution >= 0.6 is 11.6 Å². The molecule has 6 nitrogen and oxygen atoms in total. The predicted octanol–water partition coefficient (Wildman–Crippen LogP) is 2.42. The average molecular weight is 366 g/mol. The van der Waals surface area contributed by atoms with Crippen LogP contribution in [-0.4, -0.2) is 62.0 Å². The van der Waals surface area contributed by atoms with E-state index in [0.29, 0.717) is 29.5 Å². The number of methoxy groups -OCH3 is 1. The summed E-state index contributed by atoms with van der Waals surface area (Å²) in [5, 5.41) is 3.23. The van der Waals surface area contributed by atoms with Gasteiger partial charge in [-0.2, -0.15) is 0 Å². The Bertz CT molecular complexity index is 624. The van der Waals surface area contributed by atoms with E-state index in [9.17, 15) is 9.59 Å². The second-order valence-corrected chi connectivity index (χ2v) is 5.88. The van der Waals surface area contributed by atoms with E-state index in [2.05, 4.69) is 18.5 Å². The third-order valence-corrected chi connectivity index (χ3v) is 3.54. The lowest BCUT2D eigenvalue weighted by Crippen LogP contribution is -2.41. The quantitative estimate of drug-likeness (QED) is 0.647. The highest BCUT2D eigenvalue weighted by Gasteiger charge is 2.16. The molecule has 0 spiro atoms. The van der Waals surface area contributed by atoms with Crippen molar-refractivity contribution in [1.82, 2.24) is 9.80 Å². The molecule has 0 saturated heterocycles. The normalized spacial score (nSPS) is 10.2. The minimum Gasteiger partial charge on any atom is -0.495 e. The Balaban J connectivity index is 2.61. The minimum absolute atomic E-state index is 0.0530. The Hall–Kier alpha value is -2.31. The molecule has 1 N–H and O–H groups in total. The van der Waals surface area contributed by atoms with Crippen molar-refractivity contribution in [2.45, 2.75) is 0 Å². The number of halogens is 1. The van der Waals surface area contributed by atoms with Gasteiger partial charge in [0.25, 0.3) is 0 Å². The van der Waals surface area contributed by atoms with Crippen LogP contribution in [0.25, 0.3) is 0 Å². The predicted molar refractivity (Wildman–Crippen MR) is 101 cm³/mol. The molecule has 0 bridgehead atoms. The van der Waals surface area contributed by atoms with Crippen molar-refractivity contribution in [2.24, 2.45) is 0 Å². The summed E-state index contributed by atoms with van der Waals surface area (Å²) in [6, 6.07) is 4.96. The highest BCUT2D eigenvalue weighted by atomic mass is 35.5. The molecule has 136 valence electrons. The summed E-state index contributed by atoms with van der Waals surface area (Å²) in [4.78, 5) is 27.7. The van der Waals surface area contributed by atoms with Crippen molar-refractivity contribution in [1.29, 1.82) is 0 Å². The molecule has 0 saturated carbocycles. The van der Waals surface area contributed by atoms with Crippen LogP contribution in [0.15, 0.2) is 43.5 Å². The molecule has 0 aliphatic heterocycles. The first-order chi connectivity index (χ1) is 11.9. The molecule has 0 heterocycles. The van der Waals surface area contributed by atoms with Crippen molar-refractivity contribution in [3.63, 3.8) is 0 Å². The molecule has 1 aromatic rings. The number of anilines is 1. The molecule has 0 aliphatic rings. The fourth-order valence-corrected chi connectivity index (χ4v) is 2.36. The number of ether oxygens (including phenoxy) is 1. The molecule has 1 rings (SSSR count). The largest absolute Gasteiger partial charge is 0.495 e. The van der Waals surface area contributed by atoms with Crippen LogP contribution in [-0.2, 0) is 9.59 Å². The SMILES string of the molecule is C=CCN(CC=C)C(=O)CN(C)CC(=O)Nc1cc(Cl)ccc1OC. The molecular weight excluding hydrogens is 342 g/mol. The highest BCUT2D eigenvalue weighted by molar-refractivity contribution is 6.31. The van der Waals surface area contributed by atoms with E-state index < -0.39 is 0 Å². The Kier molecular flexibility index (Phi) is 8.74.